The number of benzene rings is 1. The van der Waals surface area contributed by atoms with Gasteiger partial charge in [0.1, 0.15) is 12.1 Å². The number of rotatable bonds is 6. The molecular weight excluding hydrogens is 232 g/mol. The molecule has 1 aromatic rings. The van der Waals surface area contributed by atoms with Crippen molar-refractivity contribution in [3.05, 3.63) is 23.3 Å². The van der Waals surface area contributed by atoms with Crippen molar-refractivity contribution < 1.29 is 19.1 Å². The summed E-state index contributed by atoms with van der Waals surface area (Å²) in [5.41, 5.74) is 1.16. The van der Waals surface area contributed by atoms with Crippen molar-refractivity contribution in [3.8, 4) is 11.5 Å². The molecule has 0 heterocycles. The van der Waals surface area contributed by atoms with E-state index >= 15 is 0 Å². The van der Waals surface area contributed by atoms with Gasteiger partial charge in [-0.3, -0.25) is 9.59 Å². The van der Waals surface area contributed by atoms with Crippen molar-refractivity contribution in [2.75, 3.05) is 14.2 Å². The highest BCUT2D eigenvalue weighted by Gasteiger charge is 2.20. The Morgan fingerprint density at radius 3 is 2.22 bits per heavy atom. The van der Waals surface area contributed by atoms with Crippen LogP contribution in [0.4, 0.5) is 0 Å². The van der Waals surface area contributed by atoms with Crippen molar-refractivity contribution in [2.45, 2.75) is 26.2 Å². The van der Waals surface area contributed by atoms with Crippen LogP contribution in [-0.4, -0.2) is 26.3 Å². The number of carbonyl (C=O) groups is 2. The van der Waals surface area contributed by atoms with E-state index < -0.39 is 0 Å². The molecule has 0 saturated heterocycles. The fourth-order valence-electron chi connectivity index (χ4n) is 2.04. The Labute approximate surface area is 107 Å². The topological polar surface area (TPSA) is 52.6 Å². The van der Waals surface area contributed by atoms with Gasteiger partial charge in [0.15, 0.2) is 11.5 Å². The van der Waals surface area contributed by atoms with Gasteiger partial charge >= 0.3 is 0 Å². The molecule has 0 radical (unpaired) electrons. The Hall–Kier alpha value is -1.84. The second-order valence-corrected chi connectivity index (χ2v) is 4.03. The van der Waals surface area contributed by atoms with Crippen LogP contribution in [0.5, 0.6) is 11.5 Å². The van der Waals surface area contributed by atoms with Gasteiger partial charge in [-0.05, 0) is 31.0 Å². The Kier molecular flexibility index (Phi) is 4.89. The third-order valence-electron chi connectivity index (χ3n) is 2.99. The van der Waals surface area contributed by atoms with Gasteiger partial charge in [0.25, 0.3) is 0 Å². The smallest absolute Gasteiger partial charge is 0.161 e. The van der Waals surface area contributed by atoms with Gasteiger partial charge in [-0.15, -0.1) is 0 Å². The molecule has 0 aliphatic rings. The minimum atomic E-state index is -0.287. The van der Waals surface area contributed by atoms with Crippen LogP contribution in [0, 0.1) is 0 Å². The largest absolute Gasteiger partial charge is 0.493 e. The summed E-state index contributed by atoms with van der Waals surface area (Å²) in [5, 5.41) is 0. The average Bonchev–Trinajstić information content (AvgIpc) is 2.38. The van der Waals surface area contributed by atoms with Gasteiger partial charge in [0.2, 0.25) is 0 Å². The molecule has 1 atom stereocenters. The summed E-state index contributed by atoms with van der Waals surface area (Å²) in [5.74, 6) is 0.761. The molecule has 0 N–H and O–H groups in total. The first-order valence-corrected chi connectivity index (χ1v) is 5.80. The quantitative estimate of drug-likeness (QED) is 0.728. The highest BCUT2D eigenvalue weighted by atomic mass is 16.5. The number of ketones is 1. The maximum absolute atomic E-state index is 11.6. The lowest BCUT2D eigenvalue weighted by Crippen LogP contribution is -2.11. The van der Waals surface area contributed by atoms with Crippen LogP contribution in [0.1, 0.15) is 42.1 Å². The van der Waals surface area contributed by atoms with Crippen LogP contribution in [0.25, 0.3) is 0 Å². The van der Waals surface area contributed by atoms with Crippen LogP contribution >= 0.6 is 0 Å². The number of hydrogen-bond donors (Lipinski definition) is 0. The number of ether oxygens (including phenoxy) is 2. The monoisotopic (exact) mass is 250 g/mol. The van der Waals surface area contributed by atoms with Gasteiger partial charge in [0.05, 0.1) is 14.2 Å². The van der Waals surface area contributed by atoms with E-state index in [4.69, 9.17) is 9.47 Å². The lowest BCUT2D eigenvalue weighted by atomic mass is 9.89. The molecule has 0 bridgehead atoms. The van der Waals surface area contributed by atoms with Gasteiger partial charge in [0, 0.05) is 11.5 Å². The predicted octanol–water partition coefficient (Wildman–Crippen LogP) is 2.60. The van der Waals surface area contributed by atoms with Crippen LogP contribution in [0.15, 0.2) is 12.1 Å². The highest BCUT2D eigenvalue weighted by Crippen LogP contribution is 2.34. The van der Waals surface area contributed by atoms with Crippen molar-refractivity contribution in [1.82, 2.24) is 0 Å². The predicted molar refractivity (Wildman–Crippen MR) is 68.6 cm³/mol. The molecule has 0 amide bonds. The zero-order valence-corrected chi connectivity index (χ0v) is 11.1. The molecule has 0 fully saturated rings. The van der Waals surface area contributed by atoms with Crippen LogP contribution < -0.4 is 9.47 Å². The minimum Gasteiger partial charge on any atom is -0.493 e. The molecule has 0 spiro atoms. The Bertz CT molecular complexity index is 451. The standard InChI is InChI=1S/C14H18O4/c1-5-11(9(2)16)12-7-14(18-4)13(17-3)6-10(12)8-15/h6-8,11H,5H2,1-4H3. The first kappa shape index (κ1) is 14.2. The first-order valence-electron chi connectivity index (χ1n) is 5.80. The summed E-state index contributed by atoms with van der Waals surface area (Å²) in [6.07, 6.45) is 1.38. The lowest BCUT2D eigenvalue weighted by molar-refractivity contribution is -0.118. The normalized spacial score (nSPS) is 11.8. The summed E-state index contributed by atoms with van der Waals surface area (Å²) < 4.78 is 10.3. The summed E-state index contributed by atoms with van der Waals surface area (Å²) in [6, 6.07) is 3.31. The fourth-order valence-corrected chi connectivity index (χ4v) is 2.04. The number of carbonyl (C=O) groups excluding carboxylic acids is 2. The second kappa shape index (κ2) is 6.19. The maximum Gasteiger partial charge on any atom is 0.161 e. The molecule has 18 heavy (non-hydrogen) atoms. The van der Waals surface area contributed by atoms with Crippen molar-refractivity contribution in [2.24, 2.45) is 0 Å². The van der Waals surface area contributed by atoms with Gasteiger partial charge < -0.3 is 9.47 Å². The zero-order valence-electron chi connectivity index (χ0n) is 11.1. The fraction of sp³-hybridized carbons (Fsp3) is 0.429. The number of methoxy groups -OCH3 is 2. The van der Waals surface area contributed by atoms with E-state index in [2.05, 4.69) is 0 Å². The molecular formula is C14H18O4. The van der Waals surface area contributed by atoms with E-state index in [1.165, 1.54) is 21.1 Å². The molecule has 4 heteroatoms. The minimum absolute atomic E-state index is 0.0350. The van der Waals surface area contributed by atoms with Crippen LogP contribution in [-0.2, 0) is 4.79 Å². The first-order chi connectivity index (χ1) is 8.58. The van der Waals surface area contributed by atoms with E-state index in [9.17, 15) is 9.59 Å². The van der Waals surface area contributed by atoms with E-state index in [1.54, 1.807) is 12.1 Å². The molecule has 98 valence electrons. The second-order valence-electron chi connectivity index (χ2n) is 4.03. The summed E-state index contributed by atoms with van der Waals surface area (Å²) in [4.78, 5) is 22.7. The Morgan fingerprint density at radius 2 is 1.83 bits per heavy atom. The Balaban J connectivity index is 3.41. The van der Waals surface area contributed by atoms with Crippen molar-refractivity contribution in [3.63, 3.8) is 0 Å². The average molecular weight is 250 g/mol. The molecule has 0 aliphatic heterocycles. The molecule has 1 aromatic carbocycles. The molecule has 1 rings (SSSR count). The molecule has 4 nitrogen and oxygen atoms in total. The molecule has 0 aromatic heterocycles. The van der Waals surface area contributed by atoms with Crippen molar-refractivity contribution in [1.29, 1.82) is 0 Å². The van der Waals surface area contributed by atoms with E-state index in [1.807, 2.05) is 6.92 Å². The zero-order chi connectivity index (χ0) is 13.7. The molecule has 0 aliphatic carbocycles. The lowest BCUT2D eigenvalue weighted by Gasteiger charge is -2.17. The third-order valence-corrected chi connectivity index (χ3v) is 2.99. The van der Waals surface area contributed by atoms with Gasteiger partial charge in [-0.25, -0.2) is 0 Å². The van der Waals surface area contributed by atoms with E-state index in [0.29, 0.717) is 29.0 Å². The maximum atomic E-state index is 11.6. The van der Waals surface area contributed by atoms with Crippen LogP contribution in [0.3, 0.4) is 0 Å². The SMILES string of the molecule is CCC(C(C)=O)c1cc(OC)c(OC)cc1C=O. The third kappa shape index (κ3) is 2.70. The summed E-state index contributed by atoms with van der Waals surface area (Å²) in [6.45, 7) is 3.44. The number of hydrogen-bond acceptors (Lipinski definition) is 4. The Morgan fingerprint density at radius 1 is 1.28 bits per heavy atom. The summed E-state index contributed by atoms with van der Waals surface area (Å²) >= 11 is 0. The molecule has 1 unspecified atom stereocenters. The van der Waals surface area contributed by atoms with Crippen LogP contribution in [0.2, 0.25) is 0 Å². The van der Waals surface area contributed by atoms with Crippen molar-refractivity contribution >= 4 is 12.1 Å². The molecule has 0 saturated carbocycles. The van der Waals surface area contributed by atoms with Gasteiger partial charge in [-0.1, -0.05) is 6.92 Å². The van der Waals surface area contributed by atoms with E-state index in [-0.39, 0.29) is 11.7 Å². The van der Waals surface area contributed by atoms with Gasteiger partial charge in [-0.2, -0.15) is 0 Å². The number of aldehydes is 1. The number of Topliss-reactive ketones (excluding diaryl/α,β-unsaturated/α-hetero) is 1. The highest BCUT2D eigenvalue weighted by molar-refractivity contribution is 5.88. The van der Waals surface area contributed by atoms with E-state index in [0.717, 1.165) is 6.29 Å². The summed E-state index contributed by atoms with van der Waals surface area (Å²) in [7, 11) is 3.03.